The van der Waals surface area contributed by atoms with E-state index in [9.17, 15) is 5.11 Å². The van der Waals surface area contributed by atoms with E-state index in [1.54, 1.807) is 0 Å². The molecule has 0 aliphatic heterocycles. The van der Waals surface area contributed by atoms with Gasteiger partial charge in [0.15, 0.2) is 0 Å². The highest BCUT2D eigenvalue weighted by Crippen LogP contribution is 2.33. The lowest BCUT2D eigenvalue weighted by molar-refractivity contribution is 0.145. The van der Waals surface area contributed by atoms with E-state index in [2.05, 4.69) is 48.8 Å². The molecule has 0 heterocycles. The van der Waals surface area contributed by atoms with Crippen LogP contribution >= 0.6 is 0 Å². The maximum Gasteiger partial charge on any atom is 0.117 e. The van der Waals surface area contributed by atoms with Crippen LogP contribution in [0, 0.1) is 11.3 Å². The van der Waals surface area contributed by atoms with E-state index in [0.717, 1.165) is 12.3 Å². The predicted molar refractivity (Wildman–Crippen MR) is 69.5 cm³/mol. The molecule has 0 aromatic carbocycles. The summed E-state index contributed by atoms with van der Waals surface area (Å²) in [6.07, 6.45) is 2.33. The second-order valence-corrected chi connectivity index (χ2v) is 6.35. The van der Waals surface area contributed by atoms with Crippen LogP contribution in [0.15, 0.2) is 0 Å². The second kappa shape index (κ2) is 6.57. The summed E-state index contributed by atoms with van der Waals surface area (Å²) in [5.74, 6) is 2.02. The van der Waals surface area contributed by atoms with Gasteiger partial charge in [-0.25, -0.2) is 0 Å². The molecule has 0 amide bonds. The van der Waals surface area contributed by atoms with Crippen molar-refractivity contribution in [3.63, 3.8) is 0 Å². The Morgan fingerprint density at radius 2 is 1.67 bits per heavy atom. The van der Waals surface area contributed by atoms with Gasteiger partial charge in [-0.2, -0.15) is 0 Å². The summed E-state index contributed by atoms with van der Waals surface area (Å²) in [5.41, 5.74) is 0.0605. The van der Waals surface area contributed by atoms with Gasteiger partial charge in [0, 0.05) is 6.61 Å². The summed E-state index contributed by atoms with van der Waals surface area (Å²) in [7, 11) is 2.44. The molecule has 0 saturated heterocycles. The molecule has 0 saturated carbocycles. The molecular weight excluding hydrogens is 183 g/mol. The van der Waals surface area contributed by atoms with Crippen molar-refractivity contribution < 1.29 is 5.11 Å². The van der Waals surface area contributed by atoms with Crippen LogP contribution in [0.25, 0.3) is 0 Å². The minimum absolute atomic E-state index is 0.0605. The summed E-state index contributed by atoms with van der Waals surface area (Å²) in [4.78, 5) is 0. The van der Waals surface area contributed by atoms with Crippen molar-refractivity contribution in [2.24, 2.45) is 11.3 Å². The summed E-state index contributed by atoms with van der Waals surface area (Å²) in [6.45, 7) is 13.6. The van der Waals surface area contributed by atoms with Gasteiger partial charge in [-0.1, -0.05) is 66.0 Å². The molecule has 0 aromatic rings. The fourth-order valence-corrected chi connectivity index (χ4v) is 2.15. The summed E-state index contributed by atoms with van der Waals surface area (Å²) in [6, 6.07) is 0. The Labute approximate surface area is 96.9 Å². The highest BCUT2D eigenvalue weighted by molar-refractivity contribution is 6.39. The van der Waals surface area contributed by atoms with Crippen LogP contribution in [0.2, 0.25) is 11.6 Å². The quantitative estimate of drug-likeness (QED) is 0.635. The third-order valence-corrected chi connectivity index (χ3v) is 2.67. The molecule has 0 bridgehead atoms. The van der Waals surface area contributed by atoms with Crippen LogP contribution in [0.3, 0.4) is 0 Å². The minimum atomic E-state index is 0.0605. The Balaban J connectivity index is 4.23. The van der Waals surface area contributed by atoms with E-state index in [-0.39, 0.29) is 12.0 Å². The average Bonchev–Trinajstić information content (AvgIpc) is 2.00. The standard InChI is InChI=1S/C13H28BO/c1-10(2)7-12(14-11(3)4)8-13(5,6)9-15/h10-12,15H,7-9H2,1-6H3. The summed E-state index contributed by atoms with van der Waals surface area (Å²) < 4.78 is 0. The number of rotatable bonds is 7. The fraction of sp³-hybridized carbons (Fsp3) is 1.00. The molecule has 1 N–H and O–H groups in total. The zero-order valence-electron chi connectivity index (χ0n) is 11.4. The first kappa shape index (κ1) is 15.0. The maximum atomic E-state index is 9.30. The summed E-state index contributed by atoms with van der Waals surface area (Å²) in [5, 5.41) is 9.30. The molecule has 0 spiro atoms. The van der Waals surface area contributed by atoms with Gasteiger partial charge in [-0.15, -0.1) is 0 Å². The molecule has 1 atom stereocenters. The Morgan fingerprint density at radius 1 is 1.13 bits per heavy atom. The third kappa shape index (κ3) is 7.90. The van der Waals surface area contributed by atoms with Crippen LogP contribution in [0.5, 0.6) is 0 Å². The van der Waals surface area contributed by atoms with Crippen molar-refractivity contribution in [3.05, 3.63) is 0 Å². The molecule has 0 fully saturated rings. The van der Waals surface area contributed by atoms with Crippen LogP contribution in [0.4, 0.5) is 0 Å². The Bertz CT molecular complexity index is 154. The SMILES string of the molecule is CC(C)[B]C(CC(C)C)CC(C)(C)CO. The number of hydrogen-bond acceptors (Lipinski definition) is 1. The van der Waals surface area contributed by atoms with E-state index < -0.39 is 0 Å². The van der Waals surface area contributed by atoms with Gasteiger partial charge in [-0.05, 0) is 11.3 Å². The van der Waals surface area contributed by atoms with Crippen molar-refractivity contribution in [2.45, 2.75) is 66.0 Å². The lowest BCUT2D eigenvalue weighted by Gasteiger charge is -2.29. The van der Waals surface area contributed by atoms with E-state index >= 15 is 0 Å². The topological polar surface area (TPSA) is 20.2 Å². The smallest absolute Gasteiger partial charge is 0.117 e. The fourth-order valence-electron chi connectivity index (χ4n) is 2.15. The first-order chi connectivity index (χ1) is 6.76. The van der Waals surface area contributed by atoms with E-state index in [1.165, 1.54) is 6.42 Å². The van der Waals surface area contributed by atoms with Gasteiger partial charge in [0.05, 0.1) is 0 Å². The van der Waals surface area contributed by atoms with E-state index in [0.29, 0.717) is 11.6 Å². The van der Waals surface area contributed by atoms with Crippen molar-refractivity contribution >= 4 is 7.28 Å². The van der Waals surface area contributed by atoms with Gasteiger partial charge >= 0.3 is 0 Å². The van der Waals surface area contributed by atoms with Gasteiger partial charge in [0.1, 0.15) is 7.28 Å². The van der Waals surface area contributed by atoms with Gasteiger partial charge in [0.25, 0.3) is 0 Å². The Hall–Kier alpha value is 0.0249. The zero-order chi connectivity index (χ0) is 12.1. The Morgan fingerprint density at radius 3 is 2.00 bits per heavy atom. The zero-order valence-corrected chi connectivity index (χ0v) is 11.4. The number of aliphatic hydroxyl groups excluding tert-OH is 1. The second-order valence-electron chi connectivity index (χ2n) is 6.35. The largest absolute Gasteiger partial charge is 0.396 e. The van der Waals surface area contributed by atoms with Gasteiger partial charge in [0.2, 0.25) is 0 Å². The van der Waals surface area contributed by atoms with Crippen LogP contribution in [-0.2, 0) is 0 Å². The average molecular weight is 211 g/mol. The molecule has 1 unspecified atom stereocenters. The number of aliphatic hydroxyl groups is 1. The van der Waals surface area contributed by atoms with E-state index in [1.807, 2.05) is 0 Å². The van der Waals surface area contributed by atoms with Crippen LogP contribution in [0.1, 0.15) is 54.4 Å². The van der Waals surface area contributed by atoms with Crippen molar-refractivity contribution in [2.75, 3.05) is 6.61 Å². The highest BCUT2D eigenvalue weighted by Gasteiger charge is 2.24. The van der Waals surface area contributed by atoms with Crippen molar-refractivity contribution in [1.29, 1.82) is 0 Å². The first-order valence-electron chi connectivity index (χ1n) is 6.22. The molecule has 0 aromatic heterocycles. The molecule has 0 aliphatic carbocycles. The summed E-state index contributed by atoms with van der Waals surface area (Å²) >= 11 is 0. The molecule has 1 nitrogen and oxygen atoms in total. The molecule has 89 valence electrons. The van der Waals surface area contributed by atoms with Crippen LogP contribution < -0.4 is 0 Å². The lowest BCUT2D eigenvalue weighted by Crippen LogP contribution is -2.23. The normalized spacial score (nSPS) is 14.7. The number of hydrogen-bond donors (Lipinski definition) is 1. The first-order valence-corrected chi connectivity index (χ1v) is 6.22. The van der Waals surface area contributed by atoms with Crippen molar-refractivity contribution in [1.82, 2.24) is 0 Å². The van der Waals surface area contributed by atoms with Crippen molar-refractivity contribution in [3.8, 4) is 0 Å². The molecule has 15 heavy (non-hydrogen) atoms. The maximum absolute atomic E-state index is 9.30. The minimum Gasteiger partial charge on any atom is -0.396 e. The monoisotopic (exact) mass is 211 g/mol. The van der Waals surface area contributed by atoms with Gasteiger partial charge < -0.3 is 5.11 Å². The Kier molecular flexibility index (Phi) is 6.58. The highest BCUT2D eigenvalue weighted by atomic mass is 16.3. The van der Waals surface area contributed by atoms with Crippen LogP contribution in [-0.4, -0.2) is 19.0 Å². The molecular formula is C13H28BO. The third-order valence-electron chi connectivity index (χ3n) is 2.67. The molecule has 2 heteroatoms. The van der Waals surface area contributed by atoms with Gasteiger partial charge in [-0.3, -0.25) is 0 Å². The lowest BCUT2D eigenvalue weighted by atomic mass is 9.51. The molecule has 1 radical (unpaired) electrons. The molecule has 0 rings (SSSR count). The van der Waals surface area contributed by atoms with E-state index in [4.69, 9.17) is 0 Å². The molecule has 0 aliphatic rings. The predicted octanol–water partition coefficient (Wildman–Crippen LogP) is 3.76.